The summed E-state index contributed by atoms with van der Waals surface area (Å²) in [5, 5.41) is 10.5. The summed E-state index contributed by atoms with van der Waals surface area (Å²) >= 11 is 0. The minimum Gasteiger partial charge on any atom is -0.508 e. The van der Waals surface area contributed by atoms with Gasteiger partial charge in [-0.1, -0.05) is 18.6 Å². The molecule has 2 aliphatic rings. The second-order valence-electron chi connectivity index (χ2n) is 7.72. The van der Waals surface area contributed by atoms with Gasteiger partial charge in [0.1, 0.15) is 18.1 Å². The number of rotatable bonds is 5. The smallest absolute Gasteiger partial charge is 0.196 e. The van der Waals surface area contributed by atoms with E-state index in [9.17, 15) is 9.90 Å². The lowest BCUT2D eigenvalue weighted by Crippen LogP contribution is -2.29. The van der Waals surface area contributed by atoms with E-state index in [2.05, 4.69) is 4.90 Å². The van der Waals surface area contributed by atoms with Crippen LogP contribution in [0.25, 0.3) is 6.08 Å². The van der Waals surface area contributed by atoms with Gasteiger partial charge < -0.3 is 19.3 Å². The van der Waals surface area contributed by atoms with Gasteiger partial charge in [0.2, 0.25) is 0 Å². The van der Waals surface area contributed by atoms with Crippen LogP contribution in [0.3, 0.4) is 0 Å². The highest BCUT2D eigenvalue weighted by Crippen LogP contribution is 2.38. The summed E-state index contributed by atoms with van der Waals surface area (Å²) in [7, 11) is 3.07. The molecule has 2 heterocycles. The Labute approximate surface area is 176 Å². The van der Waals surface area contributed by atoms with E-state index in [1.165, 1.54) is 26.4 Å². The standard InChI is InChI=1S/C24H27NO5/c1-28-22-12-19-21(13-23(22)29-2)30-15-18(24(19)27)10-16-6-7-17(20(26)11-16)14-25-8-4-3-5-9-25/h6-7,10-13,26H,3-5,8-9,14-15H2,1-2H3/b18-10+. The molecule has 0 amide bonds. The van der Waals surface area contributed by atoms with Crippen LogP contribution in [0, 0.1) is 0 Å². The number of nitrogens with zero attached hydrogens (tertiary/aromatic N) is 1. The van der Waals surface area contributed by atoms with E-state index >= 15 is 0 Å². The first-order chi connectivity index (χ1) is 14.6. The highest BCUT2D eigenvalue weighted by molar-refractivity contribution is 6.14. The first-order valence-electron chi connectivity index (χ1n) is 10.3. The van der Waals surface area contributed by atoms with Gasteiger partial charge in [-0.3, -0.25) is 9.69 Å². The number of carbonyl (C=O) groups excluding carboxylic acids is 1. The summed E-state index contributed by atoms with van der Waals surface area (Å²) in [6, 6.07) is 8.90. The van der Waals surface area contributed by atoms with E-state index in [4.69, 9.17) is 14.2 Å². The SMILES string of the molecule is COc1cc2c(cc1OC)C(=O)/C(=C/c1ccc(CN3CCCCC3)c(O)c1)CO2. The van der Waals surface area contributed by atoms with Gasteiger partial charge >= 0.3 is 0 Å². The van der Waals surface area contributed by atoms with Crippen LogP contribution in [0.5, 0.6) is 23.0 Å². The number of ketones is 1. The van der Waals surface area contributed by atoms with E-state index in [1.807, 2.05) is 12.1 Å². The van der Waals surface area contributed by atoms with E-state index in [-0.39, 0.29) is 18.1 Å². The first-order valence-corrected chi connectivity index (χ1v) is 10.3. The predicted molar refractivity (Wildman–Crippen MR) is 115 cm³/mol. The van der Waals surface area contributed by atoms with Gasteiger partial charge in [-0.2, -0.15) is 0 Å². The maximum Gasteiger partial charge on any atom is 0.196 e. The largest absolute Gasteiger partial charge is 0.508 e. The molecule has 0 saturated carbocycles. The molecule has 1 N–H and O–H groups in total. The lowest BCUT2D eigenvalue weighted by Gasteiger charge is -2.26. The van der Waals surface area contributed by atoms with Crippen molar-refractivity contribution in [2.24, 2.45) is 0 Å². The Morgan fingerprint density at radius 2 is 1.80 bits per heavy atom. The fourth-order valence-corrected chi connectivity index (χ4v) is 4.02. The molecule has 1 saturated heterocycles. The summed E-state index contributed by atoms with van der Waals surface area (Å²) in [4.78, 5) is 15.4. The van der Waals surface area contributed by atoms with E-state index in [0.29, 0.717) is 28.4 Å². The first kappa shape index (κ1) is 20.3. The van der Waals surface area contributed by atoms with Crippen molar-refractivity contribution in [2.45, 2.75) is 25.8 Å². The third-order valence-electron chi connectivity index (χ3n) is 5.70. The van der Waals surface area contributed by atoms with Gasteiger partial charge in [-0.05, 0) is 49.7 Å². The van der Waals surface area contributed by atoms with Crippen LogP contribution in [-0.2, 0) is 6.54 Å². The lowest BCUT2D eigenvalue weighted by atomic mass is 9.97. The summed E-state index contributed by atoms with van der Waals surface area (Å²) in [5.74, 6) is 1.62. The number of piperidine rings is 1. The number of hydrogen-bond acceptors (Lipinski definition) is 6. The molecule has 4 rings (SSSR count). The van der Waals surface area contributed by atoms with Gasteiger partial charge in [0.05, 0.1) is 19.8 Å². The quantitative estimate of drug-likeness (QED) is 0.752. The molecule has 0 atom stereocenters. The van der Waals surface area contributed by atoms with Gasteiger partial charge in [-0.25, -0.2) is 0 Å². The lowest BCUT2D eigenvalue weighted by molar-refractivity contribution is 0.1000. The van der Waals surface area contributed by atoms with Crippen molar-refractivity contribution in [1.29, 1.82) is 0 Å². The molecule has 0 bridgehead atoms. The Hall–Kier alpha value is -2.99. The molecular formula is C24H27NO5. The Morgan fingerprint density at radius 3 is 2.50 bits per heavy atom. The molecule has 1 fully saturated rings. The molecule has 0 unspecified atom stereocenters. The maximum absolute atomic E-state index is 13.0. The van der Waals surface area contributed by atoms with Gasteiger partial charge in [-0.15, -0.1) is 0 Å². The van der Waals surface area contributed by atoms with Crippen molar-refractivity contribution in [3.05, 3.63) is 52.6 Å². The molecule has 6 heteroatoms. The Balaban J connectivity index is 1.55. The van der Waals surface area contributed by atoms with Gasteiger partial charge in [0.15, 0.2) is 17.3 Å². The molecule has 0 radical (unpaired) electrons. The number of aromatic hydroxyl groups is 1. The number of likely N-dealkylation sites (tertiary alicyclic amines) is 1. The molecule has 2 aliphatic heterocycles. The number of phenolic OH excluding ortho intramolecular Hbond substituents is 1. The molecule has 0 spiro atoms. The maximum atomic E-state index is 13.0. The summed E-state index contributed by atoms with van der Waals surface area (Å²) in [6.45, 7) is 3.06. The van der Waals surface area contributed by atoms with Crippen molar-refractivity contribution in [1.82, 2.24) is 4.90 Å². The van der Waals surface area contributed by atoms with Crippen molar-refractivity contribution >= 4 is 11.9 Å². The zero-order chi connectivity index (χ0) is 21.1. The average molecular weight is 409 g/mol. The molecule has 158 valence electrons. The van der Waals surface area contributed by atoms with Crippen LogP contribution >= 0.6 is 0 Å². The highest BCUT2D eigenvalue weighted by atomic mass is 16.5. The van der Waals surface area contributed by atoms with Crippen LogP contribution in [-0.4, -0.2) is 49.7 Å². The Kier molecular flexibility index (Phi) is 5.95. The monoisotopic (exact) mass is 409 g/mol. The summed E-state index contributed by atoms with van der Waals surface area (Å²) < 4.78 is 16.4. The molecule has 30 heavy (non-hydrogen) atoms. The van der Waals surface area contributed by atoms with Crippen molar-refractivity contribution in [3.63, 3.8) is 0 Å². The number of carbonyl (C=O) groups is 1. The van der Waals surface area contributed by atoms with Crippen molar-refractivity contribution < 1.29 is 24.1 Å². The van der Waals surface area contributed by atoms with E-state index in [1.54, 1.807) is 31.4 Å². The summed E-state index contributed by atoms with van der Waals surface area (Å²) in [5.41, 5.74) is 2.65. The van der Waals surface area contributed by atoms with Crippen molar-refractivity contribution in [3.8, 4) is 23.0 Å². The molecule has 2 aromatic rings. The summed E-state index contributed by atoms with van der Waals surface area (Å²) in [6.07, 6.45) is 5.48. The van der Waals surface area contributed by atoms with Crippen LogP contribution in [0.1, 0.15) is 40.7 Å². The minimum atomic E-state index is -0.117. The Bertz CT molecular complexity index is 976. The van der Waals surface area contributed by atoms with Crippen LogP contribution in [0.2, 0.25) is 0 Å². The number of methoxy groups -OCH3 is 2. The minimum absolute atomic E-state index is 0.117. The zero-order valence-electron chi connectivity index (χ0n) is 17.4. The molecular weight excluding hydrogens is 382 g/mol. The van der Waals surface area contributed by atoms with E-state index < -0.39 is 0 Å². The molecule has 0 aliphatic carbocycles. The second-order valence-corrected chi connectivity index (χ2v) is 7.72. The fraction of sp³-hybridized carbons (Fsp3) is 0.375. The van der Waals surface area contributed by atoms with Gasteiger partial charge in [0, 0.05) is 23.7 Å². The number of ether oxygens (including phenoxy) is 3. The normalized spacial score (nSPS) is 18.1. The van der Waals surface area contributed by atoms with Crippen LogP contribution in [0.4, 0.5) is 0 Å². The highest BCUT2D eigenvalue weighted by Gasteiger charge is 2.26. The number of Topliss-reactive ketones (excluding diaryl/α,β-unsaturated/α-hetero) is 1. The fourth-order valence-electron chi connectivity index (χ4n) is 4.02. The number of fused-ring (bicyclic) bond motifs is 1. The topological polar surface area (TPSA) is 68.2 Å². The zero-order valence-corrected chi connectivity index (χ0v) is 17.4. The Morgan fingerprint density at radius 1 is 1.07 bits per heavy atom. The molecule has 0 aromatic heterocycles. The van der Waals surface area contributed by atoms with Crippen LogP contribution in [0.15, 0.2) is 35.9 Å². The number of benzene rings is 2. The second kappa shape index (κ2) is 8.79. The third-order valence-corrected chi connectivity index (χ3v) is 5.70. The van der Waals surface area contributed by atoms with Crippen LogP contribution < -0.4 is 14.2 Å². The third kappa shape index (κ3) is 4.14. The average Bonchev–Trinajstić information content (AvgIpc) is 2.77. The number of hydrogen-bond donors (Lipinski definition) is 1. The van der Waals surface area contributed by atoms with Gasteiger partial charge in [0.25, 0.3) is 0 Å². The molecule has 6 nitrogen and oxygen atoms in total. The predicted octanol–water partition coefficient (Wildman–Crippen LogP) is 4.05. The number of phenols is 1. The van der Waals surface area contributed by atoms with E-state index in [0.717, 1.165) is 30.8 Å². The van der Waals surface area contributed by atoms with Crippen molar-refractivity contribution in [2.75, 3.05) is 33.9 Å². The molecule has 2 aromatic carbocycles.